The van der Waals surface area contributed by atoms with Crippen molar-refractivity contribution in [3.05, 3.63) is 52.9 Å². The number of methoxy groups -OCH3 is 2. The van der Waals surface area contributed by atoms with Gasteiger partial charge in [-0.3, -0.25) is 19.0 Å². The maximum atomic E-state index is 13.8. The summed E-state index contributed by atoms with van der Waals surface area (Å²) in [7, 11) is 3.06. The molecule has 2 aromatic carbocycles. The predicted octanol–water partition coefficient (Wildman–Crippen LogP) is 3.90. The van der Waals surface area contributed by atoms with Gasteiger partial charge in [0.25, 0.3) is 11.5 Å². The number of fused-ring (bicyclic) bond motifs is 5. The first-order valence-corrected chi connectivity index (χ1v) is 11.1. The SMILES string of the molecule is CC[C@H](C)NC(=O)COc1ccc2c(c1)c1ccnc3c4ccc(OC)c(OC)c4c(=O)n2c13. The standard InChI is InChI=1S/C26H25N3O5/c1-5-14(2)28-21(30)13-34-15-6-8-19-18(12-15)16-10-11-27-23-17-7-9-20(32-3)25(33-4)22(17)26(31)29(19)24(16)23/h6-12,14H,5,13H2,1-4H3,(H,28,30)/t14-/m0/s1. The molecule has 0 radical (unpaired) electrons. The molecule has 174 valence electrons. The molecule has 0 spiro atoms. The summed E-state index contributed by atoms with van der Waals surface area (Å²) in [6.07, 6.45) is 2.57. The fraction of sp³-hybridized carbons (Fsp3) is 0.269. The van der Waals surface area contributed by atoms with Crippen LogP contribution in [-0.2, 0) is 4.79 Å². The molecule has 0 bridgehead atoms. The molecule has 0 fully saturated rings. The normalized spacial score (nSPS) is 12.5. The number of amides is 1. The van der Waals surface area contributed by atoms with E-state index in [1.165, 1.54) is 14.2 Å². The van der Waals surface area contributed by atoms with Crippen molar-refractivity contribution < 1.29 is 19.0 Å². The number of nitrogens with one attached hydrogen (secondary N) is 1. The Labute approximate surface area is 195 Å². The van der Waals surface area contributed by atoms with Crippen LogP contribution in [0.25, 0.3) is 38.1 Å². The number of pyridine rings is 2. The molecule has 34 heavy (non-hydrogen) atoms. The molecule has 1 N–H and O–H groups in total. The van der Waals surface area contributed by atoms with Crippen molar-refractivity contribution in [1.82, 2.24) is 14.7 Å². The van der Waals surface area contributed by atoms with Crippen LogP contribution in [0.15, 0.2) is 47.4 Å². The first-order valence-electron chi connectivity index (χ1n) is 11.1. The minimum atomic E-state index is -0.215. The van der Waals surface area contributed by atoms with Gasteiger partial charge >= 0.3 is 0 Å². The van der Waals surface area contributed by atoms with Gasteiger partial charge in [0, 0.05) is 28.4 Å². The van der Waals surface area contributed by atoms with E-state index in [-0.39, 0.29) is 24.1 Å². The Kier molecular flexibility index (Phi) is 5.36. The van der Waals surface area contributed by atoms with Gasteiger partial charge < -0.3 is 19.5 Å². The molecular weight excluding hydrogens is 434 g/mol. The van der Waals surface area contributed by atoms with Crippen molar-refractivity contribution in [2.45, 2.75) is 26.3 Å². The first kappa shape index (κ1) is 21.8. The average Bonchev–Trinajstić information content (AvgIpc) is 3.19. The average molecular weight is 460 g/mol. The third-order valence-electron chi connectivity index (χ3n) is 6.25. The summed E-state index contributed by atoms with van der Waals surface area (Å²) in [5.41, 5.74) is 1.93. The van der Waals surface area contributed by atoms with E-state index < -0.39 is 0 Å². The zero-order valence-electron chi connectivity index (χ0n) is 19.5. The van der Waals surface area contributed by atoms with Crippen molar-refractivity contribution in [2.75, 3.05) is 20.8 Å². The second kappa shape index (κ2) is 8.37. The maximum absolute atomic E-state index is 13.8. The monoisotopic (exact) mass is 459 g/mol. The number of aromatic nitrogens is 2. The number of ether oxygens (including phenoxy) is 3. The molecule has 5 rings (SSSR count). The first-order chi connectivity index (χ1) is 16.5. The summed E-state index contributed by atoms with van der Waals surface area (Å²) >= 11 is 0. The topological polar surface area (TPSA) is 91.2 Å². The molecule has 0 aliphatic carbocycles. The lowest BCUT2D eigenvalue weighted by atomic mass is 10.1. The van der Waals surface area contributed by atoms with Crippen LogP contribution in [0.3, 0.4) is 0 Å². The smallest absolute Gasteiger partial charge is 0.267 e. The predicted molar refractivity (Wildman–Crippen MR) is 132 cm³/mol. The van der Waals surface area contributed by atoms with E-state index in [0.29, 0.717) is 33.5 Å². The lowest BCUT2D eigenvalue weighted by molar-refractivity contribution is -0.123. The molecule has 0 aliphatic heterocycles. The molecule has 8 heteroatoms. The Bertz CT molecular complexity index is 1610. The quantitative estimate of drug-likeness (QED) is 0.371. The van der Waals surface area contributed by atoms with E-state index in [1.807, 2.05) is 38.1 Å². The van der Waals surface area contributed by atoms with Crippen molar-refractivity contribution in [1.29, 1.82) is 0 Å². The fourth-order valence-electron chi connectivity index (χ4n) is 4.46. The van der Waals surface area contributed by atoms with Crippen molar-refractivity contribution >= 4 is 44.0 Å². The van der Waals surface area contributed by atoms with Crippen molar-refractivity contribution in [3.63, 3.8) is 0 Å². The van der Waals surface area contributed by atoms with E-state index in [4.69, 9.17) is 14.2 Å². The molecule has 0 saturated heterocycles. The van der Waals surface area contributed by atoms with E-state index >= 15 is 0 Å². The number of hydrogen-bond acceptors (Lipinski definition) is 6. The Morgan fingerprint density at radius 3 is 2.65 bits per heavy atom. The number of carbonyl (C=O) groups excluding carboxylic acids is 1. The van der Waals surface area contributed by atoms with Gasteiger partial charge in [0.2, 0.25) is 0 Å². The molecule has 0 unspecified atom stereocenters. The lowest BCUT2D eigenvalue weighted by Crippen LogP contribution is -2.35. The molecule has 3 heterocycles. The molecule has 1 amide bonds. The van der Waals surface area contributed by atoms with Gasteiger partial charge in [-0.25, -0.2) is 0 Å². The molecule has 5 aromatic rings. The molecule has 0 saturated carbocycles. The minimum absolute atomic E-state index is 0.0807. The zero-order valence-corrected chi connectivity index (χ0v) is 19.5. The number of rotatable bonds is 7. The van der Waals surface area contributed by atoms with Gasteiger partial charge in [0.15, 0.2) is 18.1 Å². The van der Waals surface area contributed by atoms with Crippen molar-refractivity contribution in [3.8, 4) is 17.2 Å². The molecule has 8 nitrogen and oxygen atoms in total. The van der Waals surface area contributed by atoms with Crippen LogP contribution >= 0.6 is 0 Å². The largest absolute Gasteiger partial charge is 0.493 e. The Morgan fingerprint density at radius 2 is 1.91 bits per heavy atom. The lowest BCUT2D eigenvalue weighted by Gasteiger charge is -2.12. The van der Waals surface area contributed by atoms with Crippen LogP contribution in [0.1, 0.15) is 20.3 Å². The summed E-state index contributed by atoms with van der Waals surface area (Å²) in [4.78, 5) is 30.5. The van der Waals surface area contributed by atoms with Crippen LogP contribution in [0.4, 0.5) is 0 Å². The van der Waals surface area contributed by atoms with Crippen LogP contribution in [-0.4, -0.2) is 42.2 Å². The van der Waals surface area contributed by atoms with Crippen LogP contribution in [0.5, 0.6) is 17.2 Å². The van der Waals surface area contributed by atoms with Gasteiger partial charge in [-0.05, 0) is 49.7 Å². The maximum Gasteiger partial charge on any atom is 0.267 e. The zero-order chi connectivity index (χ0) is 24.0. The van der Waals surface area contributed by atoms with Crippen molar-refractivity contribution in [2.24, 2.45) is 0 Å². The summed E-state index contributed by atoms with van der Waals surface area (Å²) in [6.45, 7) is 3.88. The summed E-state index contributed by atoms with van der Waals surface area (Å²) < 4.78 is 18.4. The molecule has 1 atom stereocenters. The highest BCUT2D eigenvalue weighted by Gasteiger charge is 2.22. The molecule has 0 aliphatic rings. The van der Waals surface area contributed by atoms with Gasteiger partial charge in [-0.2, -0.15) is 0 Å². The third kappa shape index (κ3) is 3.25. The number of hydrogen-bond donors (Lipinski definition) is 1. The third-order valence-corrected chi connectivity index (χ3v) is 6.25. The highest BCUT2D eigenvalue weighted by molar-refractivity contribution is 6.19. The summed E-state index contributed by atoms with van der Waals surface area (Å²) in [5.74, 6) is 1.23. The van der Waals surface area contributed by atoms with E-state index in [2.05, 4.69) is 10.3 Å². The van der Waals surface area contributed by atoms with Gasteiger partial charge in [-0.1, -0.05) is 6.92 Å². The number of benzene rings is 2. The Balaban J connectivity index is 1.71. The van der Waals surface area contributed by atoms with Gasteiger partial charge in [0.05, 0.1) is 36.2 Å². The number of nitrogens with zero attached hydrogens (tertiary/aromatic N) is 2. The fourth-order valence-corrected chi connectivity index (χ4v) is 4.46. The second-order valence-electron chi connectivity index (χ2n) is 8.26. The van der Waals surface area contributed by atoms with E-state index in [9.17, 15) is 9.59 Å². The molecule has 3 aromatic heterocycles. The summed E-state index contributed by atoms with van der Waals surface area (Å²) in [6, 6.07) is 11.0. The minimum Gasteiger partial charge on any atom is -0.493 e. The summed E-state index contributed by atoms with van der Waals surface area (Å²) in [5, 5.41) is 5.71. The second-order valence-corrected chi connectivity index (χ2v) is 8.26. The highest BCUT2D eigenvalue weighted by atomic mass is 16.5. The van der Waals surface area contributed by atoms with Crippen LogP contribution in [0.2, 0.25) is 0 Å². The van der Waals surface area contributed by atoms with Crippen LogP contribution in [0, 0.1) is 0 Å². The van der Waals surface area contributed by atoms with Gasteiger partial charge in [-0.15, -0.1) is 0 Å². The Morgan fingerprint density at radius 1 is 1.09 bits per heavy atom. The van der Waals surface area contributed by atoms with Crippen LogP contribution < -0.4 is 25.1 Å². The van der Waals surface area contributed by atoms with Gasteiger partial charge in [0.1, 0.15) is 5.75 Å². The van der Waals surface area contributed by atoms with E-state index in [0.717, 1.165) is 28.2 Å². The van der Waals surface area contributed by atoms with E-state index in [1.54, 1.807) is 22.7 Å². The number of carbonyl (C=O) groups is 1. The molecular formula is C26H25N3O5. The Hall–Kier alpha value is -4.07. The highest BCUT2D eigenvalue weighted by Crippen LogP contribution is 2.39.